The average Bonchev–Trinajstić information content (AvgIpc) is 3.28. The number of nitrogens with one attached hydrogen (secondary N) is 2. The summed E-state index contributed by atoms with van der Waals surface area (Å²) in [5.74, 6) is -0.0403. The molecule has 2 aromatic heterocycles. The van der Waals surface area contributed by atoms with Crippen LogP contribution in [0.3, 0.4) is 0 Å². The van der Waals surface area contributed by atoms with Crippen LogP contribution in [0.1, 0.15) is 31.9 Å². The number of fused-ring (bicyclic) bond motifs is 1. The van der Waals surface area contributed by atoms with E-state index in [9.17, 15) is 9.00 Å². The maximum atomic E-state index is 15.2. The molecule has 0 bridgehead atoms. The Morgan fingerprint density at radius 2 is 1.92 bits per heavy atom. The van der Waals surface area contributed by atoms with E-state index in [0.717, 1.165) is 0 Å². The lowest BCUT2D eigenvalue weighted by molar-refractivity contribution is -0.115. The molecule has 2 heterocycles. The van der Waals surface area contributed by atoms with Gasteiger partial charge in [0.05, 0.1) is 29.4 Å². The van der Waals surface area contributed by atoms with Crippen molar-refractivity contribution in [3.63, 3.8) is 0 Å². The van der Waals surface area contributed by atoms with Gasteiger partial charge < -0.3 is 14.8 Å². The molecule has 0 aliphatic heterocycles. The topological polar surface area (TPSA) is 98.1 Å². The van der Waals surface area contributed by atoms with Gasteiger partial charge in [0.15, 0.2) is 0 Å². The van der Waals surface area contributed by atoms with E-state index in [1.165, 1.54) is 6.26 Å². The first-order valence-corrected chi connectivity index (χ1v) is 12.9. The average molecular weight is 510 g/mol. The van der Waals surface area contributed by atoms with Crippen LogP contribution in [0, 0.1) is 12.7 Å². The van der Waals surface area contributed by atoms with Crippen LogP contribution in [-0.4, -0.2) is 31.1 Å². The van der Waals surface area contributed by atoms with E-state index < -0.39 is 16.8 Å². The minimum absolute atomic E-state index is 0.130. The Labute approximate surface area is 211 Å². The van der Waals surface area contributed by atoms with Crippen molar-refractivity contribution < 1.29 is 18.1 Å². The van der Waals surface area contributed by atoms with Crippen molar-refractivity contribution in [2.45, 2.75) is 39.7 Å². The molecule has 10 heteroatoms. The molecule has 0 aliphatic carbocycles. The Hall–Kier alpha value is -3.79. The number of carbonyl (C=O) groups excluding carboxylic acids is 1. The normalized spacial score (nSPS) is 12.4. The van der Waals surface area contributed by atoms with Crippen molar-refractivity contribution in [3.8, 4) is 11.5 Å². The van der Waals surface area contributed by atoms with E-state index in [2.05, 4.69) is 20.1 Å². The molecule has 0 saturated heterocycles. The fraction of sp³-hybridized carbons (Fsp3) is 0.269. The largest absolute Gasteiger partial charge is 0.456 e. The molecule has 0 spiro atoms. The molecule has 8 nitrogen and oxygen atoms in total. The Balaban J connectivity index is 1.52. The number of anilines is 2. The third-order valence-corrected chi connectivity index (χ3v) is 6.03. The molecule has 1 amide bonds. The molecule has 0 radical (unpaired) electrons. The van der Waals surface area contributed by atoms with Gasteiger partial charge in [-0.15, -0.1) is 0 Å². The number of nitrogens with zero attached hydrogens (tertiary/aromatic N) is 3. The molecule has 1 atom stereocenters. The number of hydrogen-bond acceptors (Lipinski definition) is 5. The lowest BCUT2D eigenvalue weighted by Gasteiger charge is -2.18. The molecule has 2 aromatic carbocycles. The third-order valence-electron chi connectivity index (χ3n) is 5.50. The highest BCUT2D eigenvalue weighted by Gasteiger charge is 2.18. The molecule has 36 heavy (non-hydrogen) atoms. The van der Waals surface area contributed by atoms with Gasteiger partial charge in [0.1, 0.15) is 28.3 Å². The van der Waals surface area contributed by atoms with Crippen molar-refractivity contribution in [2.24, 2.45) is 0 Å². The standard InChI is InChI=1S/C26H28FN5O3S/c1-16-22(35-23-10-11-28-21-8-7-18(13-20(21)23)31-36(5)34)9-6-17(25(16)27)12-24(33)30-19-14-29-32(15-19)26(2,3)4/h6-11,13-15,31H,12H2,1-5H3,(H,30,33). The van der Waals surface area contributed by atoms with Gasteiger partial charge in [0, 0.05) is 35.3 Å². The quantitative estimate of drug-likeness (QED) is 0.352. The highest BCUT2D eigenvalue weighted by molar-refractivity contribution is 7.85. The highest BCUT2D eigenvalue weighted by Crippen LogP contribution is 2.34. The number of amides is 1. The Bertz CT molecular complexity index is 1460. The Kier molecular flexibility index (Phi) is 7.07. The SMILES string of the molecule is Cc1c(Oc2ccnc3ccc(NS(C)=O)cc23)ccc(CC(=O)Nc2cnn(C(C)(C)C)c2)c1F. The fourth-order valence-corrected chi connectivity index (χ4v) is 4.12. The maximum absolute atomic E-state index is 15.2. The number of hydrogen-bond donors (Lipinski definition) is 2. The van der Waals surface area contributed by atoms with E-state index in [1.807, 2.05) is 20.8 Å². The molecule has 1 unspecified atom stereocenters. The van der Waals surface area contributed by atoms with E-state index in [1.54, 1.807) is 66.6 Å². The molecule has 4 aromatic rings. The fourth-order valence-electron chi connectivity index (χ4n) is 3.66. The van der Waals surface area contributed by atoms with Gasteiger partial charge in [0.2, 0.25) is 5.91 Å². The Morgan fingerprint density at radius 3 is 2.61 bits per heavy atom. The van der Waals surface area contributed by atoms with Gasteiger partial charge in [-0.2, -0.15) is 5.10 Å². The molecule has 2 N–H and O–H groups in total. The van der Waals surface area contributed by atoms with Crippen LogP contribution in [-0.2, 0) is 27.7 Å². The summed E-state index contributed by atoms with van der Waals surface area (Å²) in [4.78, 5) is 16.9. The van der Waals surface area contributed by atoms with Gasteiger partial charge in [-0.05, 0) is 63.6 Å². The van der Waals surface area contributed by atoms with Crippen molar-refractivity contribution in [2.75, 3.05) is 16.3 Å². The van der Waals surface area contributed by atoms with Crippen molar-refractivity contribution in [1.29, 1.82) is 0 Å². The molecular weight excluding hydrogens is 481 g/mol. The lowest BCUT2D eigenvalue weighted by atomic mass is 10.1. The number of pyridine rings is 1. The van der Waals surface area contributed by atoms with Gasteiger partial charge in [-0.3, -0.25) is 14.5 Å². The van der Waals surface area contributed by atoms with Crippen LogP contribution in [0.25, 0.3) is 10.9 Å². The zero-order valence-corrected chi connectivity index (χ0v) is 21.6. The summed E-state index contributed by atoms with van der Waals surface area (Å²) >= 11 is 0. The second-order valence-corrected chi connectivity index (χ2v) is 10.5. The smallest absolute Gasteiger partial charge is 0.228 e. The summed E-state index contributed by atoms with van der Waals surface area (Å²) in [6.45, 7) is 7.62. The first-order chi connectivity index (χ1) is 17.0. The van der Waals surface area contributed by atoms with Gasteiger partial charge in [-0.25, -0.2) is 8.60 Å². The lowest BCUT2D eigenvalue weighted by Crippen LogP contribution is -2.22. The van der Waals surface area contributed by atoms with E-state index in [0.29, 0.717) is 33.8 Å². The van der Waals surface area contributed by atoms with E-state index in [-0.39, 0.29) is 29.0 Å². The molecule has 0 fully saturated rings. The predicted octanol–water partition coefficient (Wildman–Crippen LogP) is 5.31. The van der Waals surface area contributed by atoms with Gasteiger partial charge in [0.25, 0.3) is 0 Å². The number of benzene rings is 2. The maximum Gasteiger partial charge on any atom is 0.228 e. The number of halogens is 1. The van der Waals surface area contributed by atoms with Crippen LogP contribution in [0.5, 0.6) is 11.5 Å². The zero-order chi connectivity index (χ0) is 26.0. The van der Waals surface area contributed by atoms with Crippen LogP contribution >= 0.6 is 0 Å². The summed E-state index contributed by atoms with van der Waals surface area (Å²) in [6.07, 6.45) is 6.33. The number of aromatic nitrogens is 3. The zero-order valence-electron chi connectivity index (χ0n) is 20.8. The van der Waals surface area contributed by atoms with Crippen LogP contribution in [0.4, 0.5) is 15.8 Å². The summed E-state index contributed by atoms with van der Waals surface area (Å²) in [5.41, 5.74) is 2.22. The minimum Gasteiger partial charge on any atom is -0.456 e. The molecule has 0 saturated carbocycles. The molecule has 4 rings (SSSR count). The second-order valence-electron chi connectivity index (χ2n) is 9.43. The van der Waals surface area contributed by atoms with Crippen LogP contribution < -0.4 is 14.8 Å². The summed E-state index contributed by atoms with van der Waals surface area (Å²) in [6, 6.07) is 10.2. The number of carbonyl (C=O) groups is 1. The highest BCUT2D eigenvalue weighted by atomic mass is 32.2. The monoisotopic (exact) mass is 509 g/mol. The van der Waals surface area contributed by atoms with E-state index >= 15 is 4.39 Å². The van der Waals surface area contributed by atoms with E-state index in [4.69, 9.17) is 4.74 Å². The summed E-state index contributed by atoms with van der Waals surface area (Å²) < 4.78 is 37.4. The summed E-state index contributed by atoms with van der Waals surface area (Å²) in [7, 11) is -1.23. The third kappa shape index (κ3) is 5.71. The number of rotatable bonds is 7. The van der Waals surface area contributed by atoms with Gasteiger partial charge in [-0.1, -0.05) is 6.07 Å². The Morgan fingerprint density at radius 1 is 1.14 bits per heavy atom. The molecular formula is C26H28FN5O3S. The van der Waals surface area contributed by atoms with Crippen molar-refractivity contribution >= 4 is 39.2 Å². The number of ether oxygens (including phenoxy) is 1. The molecule has 0 aliphatic rings. The van der Waals surface area contributed by atoms with Crippen LogP contribution in [0.15, 0.2) is 55.0 Å². The van der Waals surface area contributed by atoms with Crippen LogP contribution in [0.2, 0.25) is 0 Å². The van der Waals surface area contributed by atoms with Crippen molar-refractivity contribution in [3.05, 3.63) is 71.9 Å². The van der Waals surface area contributed by atoms with Crippen molar-refractivity contribution in [1.82, 2.24) is 14.8 Å². The summed E-state index contributed by atoms with van der Waals surface area (Å²) in [5, 5.41) is 7.71. The molecule has 188 valence electrons. The minimum atomic E-state index is -1.23. The predicted molar refractivity (Wildman–Crippen MR) is 140 cm³/mol. The first kappa shape index (κ1) is 25.3. The van der Waals surface area contributed by atoms with Gasteiger partial charge >= 0.3 is 0 Å². The second kappa shape index (κ2) is 10.1. The first-order valence-electron chi connectivity index (χ1n) is 11.3.